The number of nitrogens with zero attached hydrogens (tertiary/aromatic N) is 1. The number of Topliss-reactive ketones (excluding diaryl/α,β-unsaturated/α-hetero) is 1. The molecule has 0 aromatic heterocycles. The van der Waals surface area contributed by atoms with E-state index in [-0.39, 0.29) is 38.0 Å². The van der Waals surface area contributed by atoms with Crippen LogP contribution in [0.1, 0.15) is 40.2 Å². The number of carbonyl (C=O) groups is 3. The highest BCUT2D eigenvalue weighted by molar-refractivity contribution is 5.91. The van der Waals surface area contributed by atoms with E-state index in [1.165, 1.54) is 4.90 Å². The Hall–Kier alpha value is -5.53. The summed E-state index contributed by atoms with van der Waals surface area (Å²) in [5.41, 5.74) is 6.47. The molecule has 5 aromatic carbocycles. The van der Waals surface area contributed by atoms with Gasteiger partial charge in [-0.1, -0.05) is 140 Å². The molecular formula is C40H34N2O5. The molecule has 1 fully saturated rings. The van der Waals surface area contributed by atoms with Crippen LogP contribution in [0.2, 0.25) is 0 Å². The second kappa shape index (κ2) is 13.1. The average Bonchev–Trinajstić information content (AvgIpc) is 3.65. The predicted molar refractivity (Wildman–Crippen MR) is 178 cm³/mol. The summed E-state index contributed by atoms with van der Waals surface area (Å²) >= 11 is 0. The van der Waals surface area contributed by atoms with Crippen molar-refractivity contribution >= 4 is 17.8 Å². The molecule has 0 spiro atoms. The molecule has 234 valence electrons. The van der Waals surface area contributed by atoms with Crippen LogP contribution in [-0.4, -0.2) is 48.7 Å². The molecule has 1 N–H and O–H groups in total. The van der Waals surface area contributed by atoms with E-state index >= 15 is 0 Å². The zero-order valence-electron chi connectivity index (χ0n) is 25.8. The van der Waals surface area contributed by atoms with Crippen LogP contribution in [0.3, 0.4) is 0 Å². The number of fused-ring (bicyclic) bond motifs is 3. The van der Waals surface area contributed by atoms with E-state index in [1.54, 1.807) is 0 Å². The topological polar surface area (TPSA) is 84.9 Å². The van der Waals surface area contributed by atoms with E-state index in [2.05, 4.69) is 17.4 Å². The van der Waals surface area contributed by atoms with E-state index < -0.39 is 23.6 Å². The molecule has 7 heteroatoms. The maximum Gasteiger partial charge on any atom is 0.413 e. The van der Waals surface area contributed by atoms with Crippen molar-refractivity contribution in [3.8, 4) is 11.1 Å². The van der Waals surface area contributed by atoms with Gasteiger partial charge in [0, 0.05) is 12.3 Å². The standard InChI is InChI=1S/C40H34N2O5/c43-31(25-41-40(28-14-4-1-5-15-28,29-16-6-2-7-17-29)30-18-8-3-9-19-30)24-37-38(44)47-27-42(37)39(45)46-26-36-34-22-12-10-20-32(34)33-21-11-13-23-35(33)36/h1-23,36-37,41H,24-27H2. The lowest BCUT2D eigenvalue weighted by molar-refractivity contribution is -0.140. The molecule has 0 bridgehead atoms. The van der Waals surface area contributed by atoms with Gasteiger partial charge in [-0.05, 0) is 38.9 Å². The first-order valence-corrected chi connectivity index (χ1v) is 15.8. The van der Waals surface area contributed by atoms with Crippen molar-refractivity contribution in [3.63, 3.8) is 0 Å². The number of carbonyl (C=O) groups excluding carboxylic acids is 3. The average molecular weight is 623 g/mol. The van der Waals surface area contributed by atoms with E-state index in [9.17, 15) is 14.4 Å². The SMILES string of the molecule is O=C(CNC(c1ccccc1)(c1ccccc1)c1ccccc1)CC1C(=O)OCN1C(=O)OCC1c2ccccc2-c2ccccc21. The Kier molecular flexibility index (Phi) is 8.38. The lowest BCUT2D eigenvalue weighted by atomic mass is 9.77. The Morgan fingerprint density at radius 3 is 1.68 bits per heavy atom. The van der Waals surface area contributed by atoms with Crippen LogP contribution in [0.4, 0.5) is 4.79 Å². The number of cyclic esters (lactones) is 1. The van der Waals surface area contributed by atoms with E-state index in [0.717, 1.165) is 38.9 Å². The fraction of sp³-hybridized carbons (Fsp3) is 0.175. The van der Waals surface area contributed by atoms with Crippen LogP contribution < -0.4 is 5.32 Å². The Balaban J connectivity index is 1.08. The summed E-state index contributed by atoms with van der Waals surface area (Å²) in [5.74, 6) is -0.985. The second-order valence-electron chi connectivity index (χ2n) is 11.8. The van der Waals surface area contributed by atoms with Crippen molar-refractivity contribution in [3.05, 3.63) is 167 Å². The zero-order valence-corrected chi connectivity index (χ0v) is 25.8. The van der Waals surface area contributed by atoms with Gasteiger partial charge >= 0.3 is 12.1 Å². The Morgan fingerprint density at radius 1 is 0.702 bits per heavy atom. The molecule has 1 atom stereocenters. The normalized spacial score (nSPS) is 15.5. The first-order valence-electron chi connectivity index (χ1n) is 15.8. The Labute approximate surface area is 273 Å². The number of hydrogen-bond donors (Lipinski definition) is 1. The lowest BCUT2D eigenvalue weighted by Gasteiger charge is -2.37. The van der Waals surface area contributed by atoms with Gasteiger partial charge in [-0.25, -0.2) is 9.59 Å². The third kappa shape index (κ3) is 5.70. The van der Waals surface area contributed by atoms with Crippen molar-refractivity contribution in [2.75, 3.05) is 19.9 Å². The summed E-state index contributed by atoms with van der Waals surface area (Å²) in [6, 6.07) is 45.0. The fourth-order valence-corrected chi connectivity index (χ4v) is 6.89. The molecule has 1 aliphatic carbocycles. The molecular weight excluding hydrogens is 588 g/mol. The second-order valence-corrected chi connectivity index (χ2v) is 11.8. The molecule has 7 rings (SSSR count). The maximum atomic E-state index is 13.6. The number of nitrogens with one attached hydrogen (secondary N) is 1. The number of esters is 1. The number of ether oxygens (including phenoxy) is 2. The predicted octanol–water partition coefficient (Wildman–Crippen LogP) is 6.66. The lowest BCUT2D eigenvalue weighted by Crippen LogP contribution is -2.48. The van der Waals surface area contributed by atoms with Crippen molar-refractivity contribution in [1.29, 1.82) is 0 Å². The summed E-state index contributed by atoms with van der Waals surface area (Å²) in [4.78, 5) is 41.1. The minimum Gasteiger partial charge on any atom is -0.448 e. The van der Waals surface area contributed by atoms with Crippen LogP contribution in [-0.2, 0) is 24.6 Å². The van der Waals surface area contributed by atoms with Crippen LogP contribution >= 0.6 is 0 Å². The summed E-state index contributed by atoms with van der Waals surface area (Å²) in [5, 5.41) is 3.56. The summed E-state index contributed by atoms with van der Waals surface area (Å²) in [6.45, 7) is -0.211. The van der Waals surface area contributed by atoms with Gasteiger partial charge in [0.15, 0.2) is 6.73 Å². The van der Waals surface area contributed by atoms with Crippen molar-refractivity contribution in [2.45, 2.75) is 23.9 Å². The van der Waals surface area contributed by atoms with Crippen LogP contribution in [0.5, 0.6) is 0 Å². The molecule has 0 saturated carbocycles. The first-order chi connectivity index (χ1) is 23.1. The number of benzene rings is 5. The number of ketones is 1. The molecule has 5 aromatic rings. The highest BCUT2D eigenvalue weighted by Crippen LogP contribution is 2.44. The molecule has 1 amide bonds. The van der Waals surface area contributed by atoms with Gasteiger partial charge in [-0.15, -0.1) is 0 Å². The molecule has 0 radical (unpaired) electrons. The van der Waals surface area contributed by atoms with E-state index in [0.29, 0.717) is 0 Å². The molecule has 7 nitrogen and oxygen atoms in total. The van der Waals surface area contributed by atoms with Gasteiger partial charge in [0.05, 0.1) is 12.1 Å². The summed E-state index contributed by atoms with van der Waals surface area (Å²) in [7, 11) is 0. The van der Waals surface area contributed by atoms with Crippen molar-refractivity contribution < 1.29 is 23.9 Å². The van der Waals surface area contributed by atoms with Crippen molar-refractivity contribution in [2.24, 2.45) is 0 Å². The van der Waals surface area contributed by atoms with Crippen LogP contribution in [0, 0.1) is 0 Å². The van der Waals surface area contributed by atoms with E-state index in [4.69, 9.17) is 9.47 Å². The smallest absolute Gasteiger partial charge is 0.413 e. The van der Waals surface area contributed by atoms with Gasteiger partial charge in [0.1, 0.15) is 18.4 Å². The zero-order chi connectivity index (χ0) is 32.2. The third-order valence-corrected chi connectivity index (χ3v) is 9.16. The Bertz CT molecular complexity index is 1750. The van der Waals surface area contributed by atoms with Gasteiger partial charge in [-0.2, -0.15) is 0 Å². The molecule has 1 heterocycles. The molecule has 1 unspecified atom stereocenters. The highest BCUT2D eigenvalue weighted by atomic mass is 16.6. The third-order valence-electron chi connectivity index (χ3n) is 9.16. The summed E-state index contributed by atoms with van der Waals surface area (Å²) < 4.78 is 11.1. The van der Waals surface area contributed by atoms with E-state index in [1.807, 2.05) is 127 Å². The van der Waals surface area contributed by atoms with Crippen LogP contribution in [0.15, 0.2) is 140 Å². The molecule has 1 saturated heterocycles. The summed E-state index contributed by atoms with van der Waals surface area (Å²) in [6.07, 6.45) is -0.888. The monoisotopic (exact) mass is 622 g/mol. The minimum atomic E-state index is -1.07. The molecule has 2 aliphatic rings. The van der Waals surface area contributed by atoms with Gasteiger partial charge < -0.3 is 9.47 Å². The molecule has 47 heavy (non-hydrogen) atoms. The largest absolute Gasteiger partial charge is 0.448 e. The van der Waals surface area contributed by atoms with Crippen LogP contribution in [0.25, 0.3) is 11.1 Å². The van der Waals surface area contributed by atoms with Crippen molar-refractivity contribution in [1.82, 2.24) is 10.2 Å². The van der Waals surface area contributed by atoms with Gasteiger partial charge in [0.25, 0.3) is 0 Å². The van der Waals surface area contributed by atoms with Gasteiger partial charge in [-0.3, -0.25) is 15.0 Å². The fourth-order valence-electron chi connectivity index (χ4n) is 6.89. The quantitative estimate of drug-likeness (QED) is 0.139. The number of rotatable bonds is 10. The minimum absolute atomic E-state index is 0.0546. The first kappa shape index (κ1) is 30.1. The Morgan fingerprint density at radius 2 is 1.17 bits per heavy atom. The highest BCUT2D eigenvalue weighted by Gasteiger charge is 2.42. The maximum absolute atomic E-state index is 13.6. The number of hydrogen-bond acceptors (Lipinski definition) is 6. The molecule has 1 aliphatic heterocycles. The number of amides is 1. The van der Waals surface area contributed by atoms with Gasteiger partial charge in [0.2, 0.25) is 0 Å².